The van der Waals surface area contributed by atoms with Crippen molar-refractivity contribution in [3.8, 4) is 5.75 Å². The van der Waals surface area contributed by atoms with E-state index in [0.29, 0.717) is 16.4 Å². The summed E-state index contributed by atoms with van der Waals surface area (Å²) in [5, 5.41) is 7.51. The molecule has 3 aromatic rings. The van der Waals surface area contributed by atoms with Crippen LogP contribution in [-0.2, 0) is 0 Å². The zero-order valence-electron chi connectivity index (χ0n) is 14.3. The van der Waals surface area contributed by atoms with E-state index >= 15 is 0 Å². The van der Waals surface area contributed by atoms with Crippen LogP contribution in [0.4, 0.5) is 5.69 Å². The van der Waals surface area contributed by atoms with Crippen molar-refractivity contribution in [2.24, 2.45) is 5.10 Å². The van der Waals surface area contributed by atoms with E-state index in [1.807, 2.05) is 36.4 Å². The minimum atomic E-state index is -0.393. The van der Waals surface area contributed by atoms with Gasteiger partial charge in [0.1, 0.15) is 5.75 Å². The molecule has 0 atom stereocenters. The number of ether oxygens (including phenoxy) is 1. The minimum absolute atomic E-state index is 0.393. The summed E-state index contributed by atoms with van der Waals surface area (Å²) < 4.78 is 5.33. The number of nitrogens with zero attached hydrogens (tertiary/aromatic N) is 1. The Hall–Kier alpha value is -3.51. The SMILES string of the molecule is O=C(Oc1ccc(C=NNC(=S)Nc2ccccc2)cc1)c1ccccc1. The number of hydrogen-bond acceptors (Lipinski definition) is 4. The van der Waals surface area contributed by atoms with Crippen LogP contribution in [-0.4, -0.2) is 17.3 Å². The van der Waals surface area contributed by atoms with Gasteiger partial charge in [0.2, 0.25) is 0 Å². The van der Waals surface area contributed by atoms with Crippen molar-refractivity contribution in [2.45, 2.75) is 0 Å². The van der Waals surface area contributed by atoms with E-state index in [4.69, 9.17) is 17.0 Å². The molecule has 0 saturated carbocycles. The first kappa shape index (κ1) is 18.3. The number of anilines is 1. The summed E-state index contributed by atoms with van der Waals surface area (Å²) in [6.07, 6.45) is 1.63. The lowest BCUT2D eigenvalue weighted by Crippen LogP contribution is -2.23. The number of carbonyl (C=O) groups is 1. The molecular formula is C21H17N3O2S. The Morgan fingerprint density at radius 1 is 0.889 bits per heavy atom. The molecule has 0 aromatic heterocycles. The van der Waals surface area contributed by atoms with Gasteiger partial charge in [0.05, 0.1) is 11.8 Å². The summed E-state index contributed by atoms with van der Waals surface area (Å²) in [6, 6.07) is 25.5. The topological polar surface area (TPSA) is 62.7 Å². The number of hydrogen-bond donors (Lipinski definition) is 2. The molecule has 0 spiro atoms. The van der Waals surface area contributed by atoms with Gasteiger partial charge in [0.15, 0.2) is 5.11 Å². The second kappa shape index (κ2) is 9.26. The average Bonchev–Trinajstić information content (AvgIpc) is 2.71. The van der Waals surface area contributed by atoms with E-state index in [2.05, 4.69) is 15.8 Å². The fraction of sp³-hybridized carbons (Fsp3) is 0. The third-order valence-electron chi connectivity index (χ3n) is 3.51. The number of nitrogens with one attached hydrogen (secondary N) is 2. The molecule has 3 rings (SSSR count). The normalized spacial score (nSPS) is 10.4. The summed E-state index contributed by atoms with van der Waals surface area (Å²) in [5.41, 5.74) is 4.98. The van der Waals surface area contributed by atoms with Crippen LogP contribution in [0.25, 0.3) is 0 Å². The van der Waals surface area contributed by atoms with Crippen molar-refractivity contribution in [3.05, 3.63) is 96.1 Å². The van der Waals surface area contributed by atoms with Crippen molar-refractivity contribution in [3.63, 3.8) is 0 Å². The minimum Gasteiger partial charge on any atom is -0.423 e. The number of thiocarbonyl (C=S) groups is 1. The predicted molar refractivity (Wildman–Crippen MR) is 111 cm³/mol. The van der Waals surface area contributed by atoms with E-state index in [-0.39, 0.29) is 0 Å². The Morgan fingerprint density at radius 3 is 2.19 bits per heavy atom. The molecule has 0 unspecified atom stereocenters. The fourth-order valence-electron chi connectivity index (χ4n) is 2.21. The maximum Gasteiger partial charge on any atom is 0.343 e. The van der Waals surface area contributed by atoms with Gasteiger partial charge in [-0.25, -0.2) is 4.79 Å². The van der Waals surface area contributed by atoms with E-state index in [1.54, 1.807) is 54.7 Å². The highest BCUT2D eigenvalue weighted by atomic mass is 32.1. The number of rotatable bonds is 5. The number of para-hydroxylation sites is 1. The molecule has 5 nitrogen and oxygen atoms in total. The van der Waals surface area contributed by atoms with E-state index in [1.165, 1.54) is 0 Å². The van der Waals surface area contributed by atoms with Gasteiger partial charge in [0, 0.05) is 5.69 Å². The highest BCUT2D eigenvalue weighted by Crippen LogP contribution is 2.13. The predicted octanol–water partition coefficient (Wildman–Crippen LogP) is 4.23. The molecule has 0 amide bonds. The van der Waals surface area contributed by atoms with Crippen LogP contribution in [0.1, 0.15) is 15.9 Å². The maximum absolute atomic E-state index is 12.0. The van der Waals surface area contributed by atoms with Gasteiger partial charge in [-0.05, 0) is 66.3 Å². The van der Waals surface area contributed by atoms with Crippen LogP contribution in [0.5, 0.6) is 5.75 Å². The summed E-state index contributed by atoms with van der Waals surface area (Å²) >= 11 is 5.17. The third-order valence-corrected chi connectivity index (χ3v) is 3.70. The standard InChI is InChI=1S/C21H17N3O2S/c25-20(17-7-3-1-4-8-17)26-19-13-11-16(12-14-19)15-22-24-21(27)23-18-9-5-2-6-10-18/h1-15H,(H2,23,24,27). The van der Waals surface area contributed by atoms with E-state index in [9.17, 15) is 4.79 Å². The molecule has 6 heteroatoms. The number of hydrazone groups is 1. The van der Waals surface area contributed by atoms with Crippen LogP contribution in [0.15, 0.2) is 90.0 Å². The molecule has 3 aromatic carbocycles. The zero-order chi connectivity index (χ0) is 18.9. The van der Waals surface area contributed by atoms with Crippen molar-refractivity contribution >= 4 is 35.2 Å². The highest BCUT2D eigenvalue weighted by Gasteiger charge is 2.07. The van der Waals surface area contributed by atoms with Crippen LogP contribution >= 0.6 is 12.2 Å². The molecule has 27 heavy (non-hydrogen) atoms. The van der Waals surface area contributed by atoms with Crippen LogP contribution in [0, 0.1) is 0 Å². The Labute approximate surface area is 162 Å². The van der Waals surface area contributed by atoms with Crippen LogP contribution < -0.4 is 15.5 Å². The lowest BCUT2D eigenvalue weighted by molar-refractivity contribution is 0.0735. The molecule has 0 bridgehead atoms. The lowest BCUT2D eigenvalue weighted by Gasteiger charge is -2.06. The molecule has 0 aliphatic heterocycles. The number of esters is 1. The summed E-state index contributed by atoms with van der Waals surface area (Å²) in [4.78, 5) is 12.0. The van der Waals surface area contributed by atoms with Crippen molar-refractivity contribution in [1.29, 1.82) is 0 Å². The largest absolute Gasteiger partial charge is 0.423 e. The molecule has 0 saturated heterocycles. The van der Waals surface area contributed by atoms with Gasteiger partial charge in [-0.2, -0.15) is 5.10 Å². The fourth-order valence-corrected chi connectivity index (χ4v) is 2.38. The third kappa shape index (κ3) is 5.76. The Morgan fingerprint density at radius 2 is 1.52 bits per heavy atom. The van der Waals surface area contributed by atoms with Gasteiger partial charge in [0.25, 0.3) is 0 Å². The Balaban J connectivity index is 1.50. The zero-order valence-corrected chi connectivity index (χ0v) is 15.1. The first-order valence-electron chi connectivity index (χ1n) is 8.23. The van der Waals surface area contributed by atoms with Gasteiger partial charge in [-0.1, -0.05) is 36.4 Å². The van der Waals surface area contributed by atoms with Gasteiger partial charge < -0.3 is 10.1 Å². The first-order valence-corrected chi connectivity index (χ1v) is 8.64. The molecule has 0 aliphatic rings. The van der Waals surface area contributed by atoms with Gasteiger partial charge in [-0.3, -0.25) is 5.43 Å². The Bertz CT molecular complexity index is 927. The first-order chi connectivity index (χ1) is 13.2. The van der Waals surface area contributed by atoms with Crippen molar-refractivity contribution in [2.75, 3.05) is 5.32 Å². The van der Waals surface area contributed by atoms with Crippen LogP contribution in [0.3, 0.4) is 0 Å². The van der Waals surface area contributed by atoms with Gasteiger partial charge >= 0.3 is 5.97 Å². The van der Waals surface area contributed by atoms with E-state index in [0.717, 1.165) is 11.3 Å². The second-order valence-corrected chi connectivity index (χ2v) is 5.92. The summed E-state index contributed by atoms with van der Waals surface area (Å²) in [5.74, 6) is 0.0752. The van der Waals surface area contributed by atoms with Crippen molar-refractivity contribution < 1.29 is 9.53 Å². The summed E-state index contributed by atoms with van der Waals surface area (Å²) in [6.45, 7) is 0. The monoisotopic (exact) mass is 375 g/mol. The lowest BCUT2D eigenvalue weighted by atomic mass is 10.2. The average molecular weight is 375 g/mol. The van der Waals surface area contributed by atoms with Gasteiger partial charge in [-0.15, -0.1) is 0 Å². The summed E-state index contributed by atoms with van der Waals surface area (Å²) in [7, 11) is 0. The molecule has 2 N–H and O–H groups in total. The molecule has 0 radical (unpaired) electrons. The number of carbonyl (C=O) groups excluding carboxylic acids is 1. The quantitative estimate of drug-likeness (QED) is 0.230. The molecular weight excluding hydrogens is 358 g/mol. The molecule has 134 valence electrons. The molecule has 0 heterocycles. The van der Waals surface area contributed by atoms with Crippen molar-refractivity contribution in [1.82, 2.24) is 5.43 Å². The smallest absolute Gasteiger partial charge is 0.343 e. The second-order valence-electron chi connectivity index (χ2n) is 5.51. The Kier molecular flexibility index (Phi) is 6.27. The highest BCUT2D eigenvalue weighted by molar-refractivity contribution is 7.80. The van der Waals surface area contributed by atoms with E-state index < -0.39 is 5.97 Å². The molecule has 0 fully saturated rings. The number of benzene rings is 3. The maximum atomic E-state index is 12.0. The molecule has 0 aliphatic carbocycles. The van der Waals surface area contributed by atoms with Crippen LogP contribution in [0.2, 0.25) is 0 Å².